The van der Waals surface area contributed by atoms with Crippen molar-refractivity contribution in [2.24, 2.45) is 0 Å². The predicted octanol–water partition coefficient (Wildman–Crippen LogP) is 2.60. The fourth-order valence-corrected chi connectivity index (χ4v) is 2.16. The van der Waals surface area contributed by atoms with Crippen LogP contribution in [0.25, 0.3) is 0 Å². The van der Waals surface area contributed by atoms with Gasteiger partial charge in [-0.15, -0.1) is 0 Å². The number of ether oxygens (including phenoxy) is 1. The Morgan fingerprint density at radius 3 is 2.55 bits per heavy atom. The minimum Gasteiger partial charge on any atom is -0.497 e. The lowest BCUT2D eigenvalue weighted by atomic mass is 10.1. The molecule has 0 saturated heterocycles. The summed E-state index contributed by atoms with van der Waals surface area (Å²) in [5.41, 5.74) is 1.29. The Balaban J connectivity index is 2.20. The Hall–Kier alpha value is -2.82. The molecule has 0 fully saturated rings. The Bertz CT molecular complexity index is 697. The minimum absolute atomic E-state index is 0.101. The maximum atomic E-state index is 12.4. The molecule has 0 saturated carbocycles. The molecule has 1 amide bonds. The summed E-state index contributed by atoms with van der Waals surface area (Å²) in [6, 6.07) is 13.7. The van der Waals surface area contributed by atoms with Crippen molar-refractivity contribution in [3.63, 3.8) is 0 Å². The Kier molecular flexibility index (Phi) is 4.78. The van der Waals surface area contributed by atoms with E-state index in [0.717, 1.165) is 5.56 Å². The third-order valence-corrected chi connectivity index (χ3v) is 3.36. The zero-order valence-electron chi connectivity index (χ0n) is 12.4. The van der Waals surface area contributed by atoms with Gasteiger partial charge in [0, 0.05) is 7.05 Å². The third-order valence-electron chi connectivity index (χ3n) is 3.36. The van der Waals surface area contributed by atoms with Gasteiger partial charge < -0.3 is 14.7 Å². The number of rotatable bonds is 5. The van der Waals surface area contributed by atoms with E-state index < -0.39 is 5.97 Å². The molecule has 0 aliphatic carbocycles. The highest BCUT2D eigenvalue weighted by Gasteiger charge is 2.18. The lowest BCUT2D eigenvalue weighted by Gasteiger charge is -2.19. The van der Waals surface area contributed by atoms with Gasteiger partial charge in [0.2, 0.25) is 5.91 Å². The van der Waals surface area contributed by atoms with E-state index in [0.29, 0.717) is 11.4 Å². The topological polar surface area (TPSA) is 66.8 Å². The van der Waals surface area contributed by atoms with Crippen molar-refractivity contribution in [3.8, 4) is 5.75 Å². The normalized spacial score (nSPS) is 10.1. The number of anilines is 1. The van der Waals surface area contributed by atoms with Crippen LogP contribution in [0, 0.1) is 0 Å². The second-order valence-corrected chi connectivity index (χ2v) is 4.80. The molecule has 1 N–H and O–H groups in total. The van der Waals surface area contributed by atoms with Crippen LogP contribution >= 0.6 is 0 Å². The van der Waals surface area contributed by atoms with E-state index in [1.54, 1.807) is 44.5 Å². The number of benzene rings is 2. The molecule has 2 aromatic rings. The number of hydrogen-bond donors (Lipinski definition) is 1. The second-order valence-electron chi connectivity index (χ2n) is 4.80. The van der Waals surface area contributed by atoms with Crippen LogP contribution in [0.15, 0.2) is 48.5 Å². The SMILES string of the molecule is COc1cccc(CC(=O)N(C)c2ccccc2C(=O)O)c1. The monoisotopic (exact) mass is 299 g/mol. The van der Waals surface area contributed by atoms with E-state index in [2.05, 4.69) is 0 Å². The van der Waals surface area contributed by atoms with E-state index >= 15 is 0 Å². The molecular weight excluding hydrogens is 282 g/mol. The number of nitrogens with zero attached hydrogens (tertiary/aromatic N) is 1. The fraction of sp³-hybridized carbons (Fsp3) is 0.176. The number of likely N-dealkylation sites (N-methyl/N-ethyl adjacent to an activating group) is 1. The molecule has 5 nitrogen and oxygen atoms in total. The molecule has 0 atom stereocenters. The summed E-state index contributed by atoms with van der Waals surface area (Å²) < 4.78 is 5.13. The van der Waals surface area contributed by atoms with E-state index in [4.69, 9.17) is 4.74 Å². The zero-order valence-corrected chi connectivity index (χ0v) is 12.4. The minimum atomic E-state index is -1.06. The number of para-hydroxylation sites is 1. The van der Waals surface area contributed by atoms with Gasteiger partial charge in [-0.05, 0) is 29.8 Å². The molecule has 114 valence electrons. The number of carbonyl (C=O) groups excluding carboxylic acids is 1. The van der Waals surface area contributed by atoms with E-state index in [1.165, 1.54) is 11.0 Å². The first-order valence-electron chi connectivity index (χ1n) is 6.74. The Morgan fingerprint density at radius 2 is 1.86 bits per heavy atom. The number of aromatic carboxylic acids is 1. The van der Waals surface area contributed by atoms with Gasteiger partial charge in [-0.1, -0.05) is 24.3 Å². The maximum Gasteiger partial charge on any atom is 0.337 e. The van der Waals surface area contributed by atoms with Crippen molar-refractivity contribution in [2.75, 3.05) is 19.1 Å². The number of methoxy groups -OCH3 is 1. The Morgan fingerprint density at radius 1 is 1.14 bits per heavy atom. The smallest absolute Gasteiger partial charge is 0.337 e. The molecule has 0 bridgehead atoms. The molecule has 2 aromatic carbocycles. The van der Waals surface area contributed by atoms with Crippen LogP contribution in [-0.4, -0.2) is 31.1 Å². The Labute approximate surface area is 128 Å². The highest BCUT2D eigenvalue weighted by molar-refractivity contribution is 6.02. The molecule has 2 rings (SSSR count). The van der Waals surface area contributed by atoms with Gasteiger partial charge in [-0.2, -0.15) is 0 Å². The number of carboxylic acids is 1. The van der Waals surface area contributed by atoms with E-state index in [-0.39, 0.29) is 17.9 Å². The van der Waals surface area contributed by atoms with Crippen molar-refractivity contribution < 1.29 is 19.4 Å². The lowest BCUT2D eigenvalue weighted by molar-refractivity contribution is -0.117. The standard InChI is InChI=1S/C17H17NO4/c1-18(15-9-4-3-8-14(15)17(20)21)16(19)11-12-6-5-7-13(10-12)22-2/h3-10H,11H2,1-2H3,(H,20,21). The third kappa shape index (κ3) is 3.44. The van der Waals surface area contributed by atoms with Crippen LogP contribution in [0.2, 0.25) is 0 Å². The molecule has 0 heterocycles. The summed E-state index contributed by atoms with van der Waals surface area (Å²) in [6.07, 6.45) is 0.168. The first-order valence-corrected chi connectivity index (χ1v) is 6.74. The largest absolute Gasteiger partial charge is 0.497 e. The molecule has 5 heteroatoms. The number of carboxylic acid groups (broad SMARTS) is 1. The van der Waals surface area contributed by atoms with Crippen LogP contribution in [0.5, 0.6) is 5.75 Å². The zero-order chi connectivity index (χ0) is 16.1. The second kappa shape index (κ2) is 6.76. The average molecular weight is 299 g/mol. The van der Waals surface area contributed by atoms with Crippen LogP contribution in [0.4, 0.5) is 5.69 Å². The first-order chi connectivity index (χ1) is 10.5. The molecule has 0 spiro atoms. The quantitative estimate of drug-likeness (QED) is 0.921. The fourth-order valence-electron chi connectivity index (χ4n) is 2.16. The van der Waals surface area contributed by atoms with Crippen molar-refractivity contribution in [3.05, 3.63) is 59.7 Å². The van der Waals surface area contributed by atoms with Crippen molar-refractivity contribution >= 4 is 17.6 Å². The highest BCUT2D eigenvalue weighted by atomic mass is 16.5. The maximum absolute atomic E-state index is 12.4. The highest BCUT2D eigenvalue weighted by Crippen LogP contribution is 2.21. The molecular formula is C17H17NO4. The van der Waals surface area contributed by atoms with Gasteiger partial charge in [0.05, 0.1) is 24.8 Å². The van der Waals surface area contributed by atoms with Crippen LogP contribution in [0.3, 0.4) is 0 Å². The van der Waals surface area contributed by atoms with Gasteiger partial charge >= 0.3 is 5.97 Å². The van der Waals surface area contributed by atoms with Crippen LogP contribution < -0.4 is 9.64 Å². The van der Waals surface area contributed by atoms with Gasteiger partial charge in [0.25, 0.3) is 0 Å². The summed E-state index contributed by atoms with van der Waals surface area (Å²) in [5.74, 6) is -0.572. The summed E-state index contributed by atoms with van der Waals surface area (Å²) in [6.45, 7) is 0. The number of hydrogen-bond acceptors (Lipinski definition) is 3. The van der Waals surface area contributed by atoms with Crippen LogP contribution in [-0.2, 0) is 11.2 Å². The average Bonchev–Trinajstić information content (AvgIpc) is 2.54. The van der Waals surface area contributed by atoms with Gasteiger partial charge in [-0.3, -0.25) is 4.79 Å². The van der Waals surface area contributed by atoms with Crippen molar-refractivity contribution in [1.29, 1.82) is 0 Å². The summed E-state index contributed by atoms with van der Waals surface area (Å²) in [4.78, 5) is 25.0. The molecule has 0 aliphatic rings. The molecule has 22 heavy (non-hydrogen) atoms. The predicted molar refractivity (Wildman–Crippen MR) is 83.5 cm³/mol. The molecule has 0 aromatic heterocycles. The number of amides is 1. The summed E-state index contributed by atoms with van der Waals surface area (Å²) >= 11 is 0. The van der Waals surface area contributed by atoms with Crippen LogP contribution in [0.1, 0.15) is 15.9 Å². The van der Waals surface area contributed by atoms with Crippen molar-refractivity contribution in [2.45, 2.75) is 6.42 Å². The van der Waals surface area contributed by atoms with Gasteiger partial charge in [0.15, 0.2) is 0 Å². The lowest BCUT2D eigenvalue weighted by Crippen LogP contribution is -2.29. The van der Waals surface area contributed by atoms with Gasteiger partial charge in [0.1, 0.15) is 5.75 Å². The van der Waals surface area contributed by atoms with E-state index in [1.807, 2.05) is 12.1 Å². The molecule has 0 aliphatic heterocycles. The number of carbonyl (C=O) groups is 2. The summed E-state index contributed by atoms with van der Waals surface area (Å²) in [5, 5.41) is 9.20. The van der Waals surface area contributed by atoms with E-state index in [9.17, 15) is 14.7 Å². The first kappa shape index (κ1) is 15.6. The molecule has 0 radical (unpaired) electrons. The molecule has 0 unspecified atom stereocenters. The summed E-state index contributed by atoms with van der Waals surface area (Å²) in [7, 11) is 3.14. The van der Waals surface area contributed by atoms with Crippen molar-refractivity contribution in [1.82, 2.24) is 0 Å². The van der Waals surface area contributed by atoms with Gasteiger partial charge in [-0.25, -0.2) is 4.79 Å².